The summed E-state index contributed by atoms with van der Waals surface area (Å²) in [6.45, 7) is 2.08. The molecule has 8 atom stereocenters. The Balaban J connectivity index is 1.01. The Morgan fingerprint density at radius 2 is 1.56 bits per heavy atom. The molecule has 3 aromatic carbocycles. The van der Waals surface area contributed by atoms with Crippen molar-refractivity contribution in [3.63, 3.8) is 0 Å². The first-order valence-corrected chi connectivity index (χ1v) is 19.6. The number of esters is 1. The smallest absolute Gasteiger partial charge is 0.469 e. The zero-order valence-corrected chi connectivity index (χ0v) is 30.1. The van der Waals surface area contributed by atoms with Crippen molar-refractivity contribution >= 4 is 23.9 Å². The quantitative estimate of drug-likeness (QED) is 0.187. The molecule has 1 saturated heterocycles. The predicted molar refractivity (Wildman–Crippen MR) is 200 cm³/mol. The van der Waals surface area contributed by atoms with Crippen LogP contribution >= 0.6 is 0 Å². The van der Waals surface area contributed by atoms with Crippen LogP contribution in [-0.2, 0) is 19.8 Å². The maximum atomic E-state index is 14.0. The Hall–Kier alpha value is -4.52. The summed E-state index contributed by atoms with van der Waals surface area (Å²) in [5, 5.41) is 0. The van der Waals surface area contributed by atoms with E-state index in [-0.39, 0.29) is 6.10 Å². The molecule has 8 unspecified atom stereocenters. The van der Waals surface area contributed by atoms with Crippen molar-refractivity contribution in [1.29, 1.82) is 0 Å². The Bertz CT molecular complexity index is 1860. The van der Waals surface area contributed by atoms with Gasteiger partial charge in [0.2, 0.25) is 5.60 Å². The van der Waals surface area contributed by atoms with E-state index in [1.807, 2.05) is 36.4 Å². The van der Waals surface area contributed by atoms with Gasteiger partial charge in [0.1, 0.15) is 11.9 Å². The van der Waals surface area contributed by atoms with Crippen molar-refractivity contribution < 1.29 is 28.5 Å². The Kier molecular flexibility index (Phi) is 8.84. The Morgan fingerprint density at radius 3 is 2.37 bits per heavy atom. The van der Waals surface area contributed by atoms with Crippen LogP contribution in [0.2, 0.25) is 0 Å². The highest BCUT2D eigenvalue weighted by Gasteiger charge is 2.50. The van der Waals surface area contributed by atoms with Crippen LogP contribution in [-0.4, -0.2) is 38.4 Å². The van der Waals surface area contributed by atoms with Gasteiger partial charge >= 0.3 is 12.1 Å². The molecule has 6 aliphatic rings. The number of carbonyl (C=O) groups excluding carboxylic acids is 2. The lowest BCUT2D eigenvalue weighted by molar-refractivity contribution is -0.0574. The van der Waals surface area contributed by atoms with Crippen molar-refractivity contribution in [3.05, 3.63) is 113 Å². The first-order valence-electron chi connectivity index (χ1n) is 19.6. The average Bonchev–Trinajstić information content (AvgIpc) is 3.91. The zero-order valence-electron chi connectivity index (χ0n) is 30.1. The van der Waals surface area contributed by atoms with Crippen molar-refractivity contribution in [2.45, 2.75) is 75.9 Å². The van der Waals surface area contributed by atoms with Gasteiger partial charge in [-0.3, -0.25) is 0 Å². The van der Waals surface area contributed by atoms with E-state index in [1.54, 1.807) is 18.2 Å². The maximum Gasteiger partial charge on any atom is 0.513 e. The summed E-state index contributed by atoms with van der Waals surface area (Å²) >= 11 is 0. The minimum absolute atomic E-state index is 0.177. The van der Waals surface area contributed by atoms with Crippen molar-refractivity contribution in [2.75, 3.05) is 25.1 Å². The fraction of sp³-hybridized carbons (Fsp3) is 0.467. The second-order valence-corrected chi connectivity index (χ2v) is 15.9. The molecule has 0 spiro atoms. The van der Waals surface area contributed by atoms with E-state index in [0.717, 1.165) is 78.8 Å². The molecular weight excluding hydrogens is 650 g/mol. The number of anilines is 1. The van der Waals surface area contributed by atoms with Crippen LogP contribution < -0.4 is 9.64 Å². The summed E-state index contributed by atoms with van der Waals surface area (Å²) in [6, 6.07) is 23.5. The summed E-state index contributed by atoms with van der Waals surface area (Å²) in [6.07, 6.45) is 17.6. The number of methoxy groups -OCH3 is 1. The van der Waals surface area contributed by atoms with Crippen LogP contribution in [0.1, 0.15) is 91.3 Å². The second-order valence-electron chi connectivity index (χ2n) is 15.9. The minimum Gasteiger partial charge on any atom is -0.469 e. The van der Waals surface area contributed by atoms with Crippen molar-refractivity contribution in [1.82, 2.24) is 0 Å². The second kappa shape index (κ2) is 13.8. The number of ether oxygens (including phenoxy) is 4. The number of fused-ring (bicyclic) bond motifs is 6. The molecule has 0 amide bonds. The van der Waals surface area contributed by atoms with Gasteiger partial charge in [0, 0.05) is 35.5 Å². The Labute approximate surface area is 307 Å². The molecule has 9 rings (SSSR count). The monoisotopic (exact) mass is 699 g/mol. The van der Waals surface area contributed by atoms with Crippen molar-refractivity contribution in [2.24, 2.45) is 35.5 Å². The molecule has 270 valence electrons. The average molecular weight is 700 g/mol. The molecule has 0 radical (unpaired) electrons. The van der Waals surface area contributed by atoms with E-state index in [4.69, 9.17) is 18.9 Å². The number of hydrogen-bond donors (Lipinski definition) is 0. The molecule has 0 bridgehead atoms. The van der Waals surface area contributed by atoms with Crippen LogP contribution in [0, 0.1) is 35.5 Å². The molecule has 4 aliphatic carbocycles. The van der Waals surface area contributed by atoms with Crippen LogP contribution in [0.25, 0.3) is 6.08 Å². The first kappa shape index (κ1) is 33.3. The predicted octanol–water partition coefficient (Wildman–Crippen LogP) is 9.70. The molecule has 0 aromatic heterocycles. The normalized spacial score (nSPS) is 31.6. The van der Waals surface area contributed by atoms with Crippen molar-refractivity contribution in [3.8, 4) is 5.75 Å². The standard InChI is InChI=1S/C45H49NO6/c1-49-43(47)31-14-23-41-32(26-31)28-42(45(52-41,33-9-3-2-4-10-33)34-15-17-35(18-16-34)46-24-5-6-25-46)51-44(48)50-36-19-22-38-30(27-36)13-21-39-37-11-7-8-29(37)12-20-40(38)39/h2-4,7-10,14-18,23,26,28-30,36-40H,5-6,11-13,19-22,24-25,27H2,1H3. The van der Waals surface area contributed by atoms with Gasteiger partial charge in [-0.1, -0.05) is 54.6 Å². The number of hydrogen-bond acceptors (Lipinski definition) is 7. The summed E-state index contributed by atoms with van der Waals surface area (Å²) in [5.74, 6) is 5.07. The van der Waals surface area contributed by atoms with Gasteiger partial charge in [-0.15, -0.1) is 0 Å². The van der Waals surface area contributed by atoms with E-state index in [9.17, 15) is 9.59 Å². The molecule has 7 nitrogen and oxygen atoms in total. The van der Waals surface area contributed by atoms with E-state index in [2.05, 4.69) is 41.3 Å². The topological polar surface area (TPSA) is 74.3 Å². The highest BCUT2D eigenvalue weighted by atomic mass is 16.7. The number of carbonyl (C=O) groups is 2. The summed E-state index contributed by atoms with van der Waals surface area (Å²) in [7, 11) is 1.36. The Morgan fingerprint density at radius 1 is 0.808 bits per heavy atom. The van der Waals surface area contributed by atoms with E-state index < -0.39 is 17.7 Å². The van der Waals surface area contributed by atoms with Gasteiger partial charge < -0.3 is 23.8 Å². The molecule has 0 N–H and O–H groups in total. The molecule has 3 saturated carbocycles. The first-order chi connectivity index (χ1) is 25.5. The third kappa shape index (κ3) is 5.90. The van der Waals surface area contributed by atoms with E-state index >= 15 is 0 Å². The van der Waals surface area contributed by atoms with Gasteiger partial charge in [-0.05, 0) is 136 Å². The van der Waals surface area contributed by atoms with Crippen LogP contribution in [0.5, 0.6) is 5.75 Å². The number of benzene rings is 3. The third-order valence-corrected chi connectivity index (χ3v) is 13.4. The lowest BCUT2D eigenvalue weighted by atomic mass is 9.53. The van der Waals surface area contributed by atoms with Gasteiger partial charge in [0.25, 0.3) is 0 Å². The SMILES string of the molecule is COC(=O)c1ccc2c(c1)C=C(OC(=O)OC1CCC3C(CCC4C5CC=CC5CCC34)C1)C(c1ccccc1)(c1ccc(N3CCCC3)cc1)O2. The molecular formula is C45H49NO6. The molecule has 3 aromatic rings. The van der Waals surface area contributed by atoms with E-state index in [0.29, 0.717) is 28.6 Å². The third-order valence-electron chi connectivity index (χ3n) is 13.4. The number of rotatable bonds is 6. The molecule has 2 heterocycles. The van der Waals surface area contributed by atoms with Gasteiger partial charge in [-0.25, -0.2) is 9.59 Å². The zero-order chi connectivity index (χ0) is 35.2. The number of nitrogens with zero attached hydrogens (tertiary/aromatic N) is 1. The highest BCUT2D eigenvalue weighted by Crippen LogP contribution is 2.57. The van der Waals surface area contributed by atoms with E-state index in [1.165, 1.54) is 52.1 Å². The summed E-state index contributed by atoms with van der Waals surface area (Å²) < 4.78 is 24.6. The molecule has 2 aliphatic heterocycles. The molecule has 7 heteroatoms. The molecule has 4 fully saturated rings. The highest BCUT2D eigenvalue weighted by molar-refractivity contribution is 5.91. The number of allylic oxidation sites excluding steroid dienone is 2. The fourth-order valence-corrected chi connectivity index (χ4v) is 11.0. The summed E-state index contributed by atoms with van der Waals surface area (Å²) in [5.41, 5.74) is 2.52. The molecule has 52 heavy (non-hydrogen) atoms. The van der Waals surface area contributed by atoms with Gasteiger partial charge in [0.15, 0.2) is 5.76 Å². The lowest BCUT2D eigenvalue weighted by Gasteiger charge is -2.52. The van der Waals surface area contributed by atoms with Gasteiger partial charge in [-0.2, -0.15) is 0 Å². The van der Waals surface area contributed by atoms with Crippen LogP contribution in [0.3, 0.4) is 0 Å². The fourth-order valence-electron chi connectivity index (χ4n) is 11.0. The largest absolute Gasteiger partial charge is 0.513 e. The lowest BCUT2D eigenvalue weighted by Crippen LogP contribution is -2.46. The maximum absolute atomic E-state index is 14.0. The van der Waals surface area contributed by atoms with Crippen LogP contribution in [0.4, 0.5) is 10.5 Å². The summed E-state index contributed by atoms with van der Waals surface area (Å²) in [4.78, 5) is 28.9. The van der Waals surface area contributed by atoms with Gasteiger partial charge in [0.05, 0.1) is 12.7 Å². The van der Waals surface area contributed by atoms with Crippen LogP contribution in [0.15, 0.2) is 90.7 Å². The minimum atomic E-state index is -1.28.